The van der Waals surface area contributed by atoms with Gasteiger partial charge in [0.25, 0.3) is 0 Å². The van der Waals surface area contributed by atoms with Crippen molar-refractivity contribution in [3.8, 4) is 0 Å². The molecule has 20 heavy (non-hydrogen) atoms. The number of fused-ring (bicyclic) bond motifs is 1. The van der Waals surface area contributed by atoms with E-state index in [9.17, 15) is 0 Å². The Labute approximate surface area is 117 Å². The van der Waals surface area contributed by atoms with Crippen LogP contribution < -0.4 is 5.32 Å². The number of aliphatic hydroxyl groups excluding tert-OH is 1. The number of anilines is 1. The van der Waals surface area contributed by atoms with Crippen molar-refractivity contribution in [2.45, 2.75) is 13.2 Å². The highest BCUT2D eigenvalue weighted by atomic mass is 16.3. The third kappa shape index (κ3) is 2.75. The SMILES string of the molecule is OCc1ccc(CNc2ncc3ccccc3n2)cc1. The van der Waals surface area contributed by atoms with Gasteiger partial charge in [-0.1, -0.05) is 42.5 Å². The summed E-state index contributed by atoms with van der Waals surface area (Å²) < 4.78 is 0. The first-order chi connectivity index (χ1) is 9.85. The molecule has 0 radical (unpaired) electrons. The number of hydrogen-bond donors (Lipinski definition) is 2. The fourth-order valence-corrected chi connectivity index (χ4v) is 2.00. The van der Waals surface area contributed by atoms with Crippen LogP contribution in [0.5, 0.6) is 0 Å². The molecule has 100 valence electrons. The van der Waals surface area contributed by atoms with Gasteiger partial charge in [-0.15, -0.1) is 0 Å². The highest BCUT2D eigenvalue weighted by Gasteiger charge is 1.99. The van der Waals surface area contributed by atoms with Gasteiger partial charge in [0.2, 0.25) is 5.95 Å². The number of nitrogens with one attached hydrogen (secondary N) is 1. The van der Waals surface area contributed by atoms with Crippen molar-refractivity contribution < 1.29 is 5.11 Å². The lowest BCUT2D eigenvalue weighted by Gasteiger charge is -2.06. The molecule has 0 bridgehead atoms. The molecule has 0 fully saturated rings. The van der Waals surface area contributed by atoms with Crippen LogP contribution in [0.25, 0.3) is 10.9 Å². The van der Waals surface area contributed by atoms with Crippen molar-refractivity contribution in [1.82, 2.24) is 9.97 Å². The highest BCUT2D eigenvalue weighted by molar-refractivity contribution is 5.78. The van der Waals surface area contributed by atoms with Crippen molar-refractivity contribution in [2.24, 2.45) is 0 Å². The zero-order chi connectivity index (χ0) is 13.8. The average molecular weight is 265 g/mol. The van der Waals surface area contributed by atoms with Crippen LogP contribution in [0.3, 0.4) is 0 Å². The van der Waals surface area contributed by atoms with E-state index in [-0.39, 0.29) is 6.61 Å². The van der Waals surface area contributed by atoms with E-state index >= 15 is 0 Å². The van der Waals surface area contributed by atoms with Gasteiger partial charge in [-0.2, -0.15) is 0 Å². The van der Waals surface area contributed by atoms with Gasteiger partial charge >= 0.3 is 0 Å². The van der Waals surface area contributed by atoms with Crippen LogP contribution in [0, 0.1) is 0 Å². The van der Waals surface area contributed by atoms with E-state index < -0.39 is 0 Å². The Morgan fingerprint density at radius 3 is 2.50 bits per heavy atom. The third-order valence-electron chi connectivity index (χ3n) is 3.15. The zero-order valence-electron chi connectivity index (χ0n) is 11.0. The second kappa shape index (κ2) is 5.67. The Morgan fingerprint density at radius 1 is 0.950 bits per heavy atom. The maximum atomic E-state index is 9.00. The first-order valence-corrected chi connectivity index (χ1v) is 6.49. The van der Waals surface area contributed by atoms with E-state index in [1.807, 2.05) is 54.7 Å². The number of aliphatic hydroxyl groups is 1. The first kappa shape index (κ1) is 12.6. The van der Waals surface area contributed by atoms with Crippen LogP contribution in [0.15, 0.2) is 54.7 Å². The molecule has 1 heterocycles. The molecule has 0 atom stereocenters. The highest BCUT2D eigenvalue weighted by Crippen LogP contribution is 2.12. The summed E-state index contributed by atoms with van der Waals surface area (Å²) in [7, 11) is 0. The van der Waals surface area contributed by atoms with E-state index in [2.05, 4.69) is 15.3 Å². The van der Waals surface area contributed by atoms with E-state index in [0.717, 1.165) is 22.0 Å². The molecule has 0 saturated carbocycles. The van der Waals surface area contributed by atoms with Crippen molar-refractivity contribution in [3.63, 3.8) is 0 Å². The fourth-order valence-electron chi connectivity index (χ4n) is 2.00. The largest absolute Gasteiger partial charge is 0.392 e. The molecule has 3 aromatic rings. The van der Waals surface area contributed by atoms with Gasteiger partial charge in [0.15, 0.2) is 0 Å². The van der Waals surface area contributed by atoms with Crippen LogP contribution in [-0.2, 0) is 13.2 Å². The molecule has 0 unspecified atom stereocenters. The van der Waals surface area contributed by atoms with Crippen LogP contribution in [-0.4, -0.2) is 15.1 Å². The van der Waals surface area contributed by atoms with Gasteiger partial charge < -0.3 is 10.4 Å². The minimum atomic E-state index is 0.0709. The molecule has 0 aliphatic heterocycles. The minimum Gasteiger partial charge on any atom is -0.392 e. The maximum Gasteiger partial charge on any atom is 0.223 e. The summed E-state index contributed by atoms with van der Waals surface area (Å²) in [6, 6.07) is 15.7. The molecule has 0 aliphatic rings. The van der Waals surface area contributed by atoms with E-state index in [1.165, 1.54) is 0 Å². The monoisotopic (exact) mass is 265 g/mol. The Kier molecular flexibility index (Phi) is 3.56. The molecule has 0 saturated heterocycles. The second-order valence-electron chi connectivity index (χ2n) is 4.58. The molecule has 0 spiro atoms. The molecule has 4 heteroatoms. The van der Waals surface area contributed by atoms with Crippen LogP contribution in [0.1, 0.15) is 11.1 Å². The topological polar surface area (TPSA) is 58.0 Å². The van der Waals surface area contributed by atoms with Crippen molar-refractivity contribution >= 4 is 16.9 Å². The molecular formula is C16H15N3O. The molecule has 0 amide bonds. The molecular weight excluding hydrogens is 250 g/mol. The predicted octanol–water partition coefficient (Wildman–Crippen LogP) is 2.73. The first-order valence-electron chi connectivity index (χ1n) is 6.49. The fraction of sp³-hybridized carbons (Fsp3) is 0.125. The maximum absolute atomic E-state index is 9.00. The van der Waals surface area contributed by atoms with Crippen LogP contribution >= 0.6 is 0 Å². The molecule has 3 rings (SSSR count). The lowest BCUT2D eigenvalue weighted by Crippen LogP contribution is -2.03. The Balaban J connectivity index is 1.72. The van der Waals surface area contributed by atoms with Gasteiger partial charge in [-0.25, -0.2) is 9.97 Å². The number of hydrogen-bond acceptors (Lipinski definition) is 4. The van der Waals surface area contributed by atoms with E-state index in [1.54, 1.807) is 0 Å². The number of para-hydroxylation sites is 1. The number of nitrogens with zero attached hydrogens (tertiary/aromatic N) is 2. The van der Waals surface area contributed by atoms with Crippen molar-refractivity contribution in [1.29, 1.82) is 0 Å². The molecule has 2 N–H and O–H groups in total. The van der Waals surface area contributed by atoms with Crippen molar-refractivity contribution in [3.05, 3.63) is 65.9 Å². The average Bonchev–Trinajstić information content (AvgIpc) is 2.53. The smallest absolute Gasteiger partial charge is 0.223 e. The summed E-state index contributed by atoms with van der Waals surface area (Å²) in [4.78, 5) is 8.76. The summed E-state index contributed by atoms with van der Waals surface area (Å²) in [6.45, 7) is 0.728. The molecule has 2 aromatic carbocycles. The van der Waals surface area contributed by atoms with Crippen LogP contribution in [0.2, 0.25) is 0 Å². The molecule has 0 aliphatic carbocycles. The van der Waals surface area contributed by atoms with Gasteiger partial charge in [-0.3, -0.25) is 0 Å². The minimum absolute atomic E-state index is 0.0709. The lowest BCUT2D eigenvalue weighted by atomic mass is 10.1. The number of rotatable bonds is 4. The summed E-state index contributed by atoms with van der Waals surface area (Å²) in [5, 5.41) is 13.2. The third-order valence-corrected chi connectivity index (χ3v) is 3.15. The van der Waals surface area contributed by atoms with E-state index in [4.69, 9.17) is 5.11 Å². The lowest BCUT2D eigenvalue weighted by molar-refractivity contribution is 0.282. The van der Waals surface area contributed by atoms with Crippen LogP contribution in [0.4, 0.5) is 5.95 Å². The summed E-state index contributed by atoms with van der Waals surface area (Å²) in [6.07, 6.45) is 1.82. The molecule has 1 aromatic heterocycles. The number of aromatic nitrogens is 2. The van der Waals surface area contributed by atoms with Gasteiger partial charge in [-0.05, 0) is 17.2 Å². The van der Waals surface area contributed by atoms with Gasteiger partial charge in [0.1, 0.15) is 0 Å². The Hall–Kier alpha value is -2.46. The summed E-state index contributed by atoms with van der Waals surface area (Å²) in [5.74, 6) is 0.620. The molecule has 4 nitrogen and oxygen atoms in total. The Morgan fingerprint density at radius 2 is 1.70 bits per heavy atom. The van der Waals surface area contributed by atoms with Gasteiger partial charge in [0, 0.05) is 18.1 Å². The predicted molar refractivity (Wildman–Crippen MR) is 79.2 cm³/mol. The standard InChI is InChI=1S/C16H15N3O/c20-11-13-7-5-12(6-8-13)9-17-16-18-10-14-3-1-2-4-15(14)19-16/h1-8,10,20H,9,11H2,(H,17,18,19). The normalized spacial score (nSPS) is 10.7. The van der Waals surface area contributed by atoms with Gasteiger partial charge in [0.05, 0.1) is 12.1 Å². The number of benzene rings is 2. The second-order valence-corrected chi connectivity index (χ2v) is 4.58. The van der Waals surface area contributed by atoms with E-state index in [0.29, 0.717) is 12.5 Å². The summed E-state index contributed by atoms with van der Waals surface area (Å²) >= 11 is 0. The summed E-state index contributed by atoms with van der Waals surface area (Å²) in [5.41, 5.74) is 2.97. The zero-order valence-corrected chi connectivity index (χ0v) is 11.0. The Bertz CT molecular complexity index is 710. The van der Waals surface area contributed by atoms with Crippen molar-refractivity contribution in [2.75, 3.05) is 5.32 Å². The quantitative estimate of drug-likeness (QED) is 0.761.